The van der Waals surface area contributed by atoms with Gasteiger partial charge in [-0.3, -0.25) is 0 Å². The summed E-state index contributed by atoms with van der Waals surface area (Å²) in [6, 6.07) is 39.3. The molecule has 8 nitrogen and oxygen atoms in total. The van der Waals surface area contributed by atoms with Crippen LogP contribution >= 0.6 is 22.7 Å². The molecule has 1 fully saturated rings. The lowest BCUT2D eigenvalue weighted by Crippen LogP contribution is -2.52. The SMILES string of the molecule is O=S1(=O)N(Cc2ccc(-c3cccs3)cc2)[C@@H](COc2ccccc2)[C@@H](O)[C@H](O)[C@H](COc2ccccc2)N1Cc1ccc(-c2cccs2)cc1. The summed E-state index contributed by atoms with van der Waals surface area (Å²) in [5, 5.41) is 27.9. The molecule has 1 saturated heterocycles. The highest BCUT2D eigenvalue weighted by atomic mass is 32.2. The predicted molar refractivity (Wildman–Crippen MR) is 203 cm³/mol. The van der Waals surface area contributed by atoms with E-state index in [9.17, 15) is 10.2 Å². The van der Waals surface area contributed by atoms with Gasteiger partial charge in [-0.15, -0.1) is 22.7 Å². The normalized spacial score (nSPS) is 20.8. The van der Waals surface area contributed by atoms with Gasteiger partial charge < -0.3 is 19.7 Å². The molecule has 0 unspecified atom stereocenters. The quantitative estimate of drug-likeness (QED) is 0.137. The third kappa shape index (κ3) is 8.10. The van der Waals surface area contributed by atoms with Gasteiger partial charge >= 0.3 is 0 Å². The van der Waals surface area contributed by atoms with Gasteiger partial charge in [-0.25, -0.2) is 0 Å². The second-order valence-electron chi connectivity index (χ2n) is 12.3. The maximum Gasteiger partial charge on any atom is 0.283 e. The highest BCUT2D eigenvalue weighted by Crippen LogP contribution is 2.33. The summed E-state index contributed by atoms with van der Waals surface area (Å²) in [5.74, 6) is 1.04. The van der Waals surface area contributed by atoms with Crippen molar-refractivity contribution >= 4 is 32.9 Å². The second-order valence-corrected chi connectivity index (χ2v) is 16.0. The zero-order valence-corrected chi connectivity index (χ0v) is 30.1. The van der Waals surface area contributed by atoms with Crippen LogP contribution < -0.4 is 9.47 Å². The van der Waals surface area contributed by atoms with Gasteiger partial charge in [0, 0.05) is 22.8 Å². The lowest BCUT2D eigenvalue weighted by atomic mass is 9.98. The monoisotopic (exact) mass is 738 g/mol. The maximum atomic E-state index is 15.1. The number of aliphatic hydroxyl groups is 2. The van der Waals surface area contributed by atoms with Gasteiger partial charge in [-0.05, 0) is 69.4 Å². The van der Waals surface area contributed by atoms with Gasteiger partial charge in [0.15, 0.2) is 0 Å². The number of rotatable bonds is 12. The number of hydrogen-bond donors (Lipinski definition) is 2. The van der Waals surface area contributed by atoms with Crippen molar-refractivity contribution in [2.75, 3.05) is 13.2 Å². The zero-order chi connectivity index (χ0) is 35.2. The van der Waals surface area contributed by atoms with E-state index in [-0.39, 0.29) is 26.3 Å². The first-order valence-electron chi connectivity index (χ1n) is 16.6. The average molecular weight is 739 g/mol. The van der Waals surface area contributed by atoms with Gasteiger partial charge in [0.1, 0.15) is 36.9 Å². The van der Waals surface area contributed by atoms with E-state index in [4.69, 9.17) is 9.47 Å². The molecule has 4 aromatic carbocycles. The van der Waals surface area contributed by atoms with E-state index in [0.29, 0.717) is 11.5 Å². The van der Waals surface area contributed by atoms with E-state index >= 15 is 8.42 Å². The van der Waals surface area contributed by atoms with Crippen molar-refractivity contribution in [3.8, 4) is 32.4 Å². The van der Waals surface area contributed by atoms with Crippen molar-refractivity contribution in [3.63, 3.8) is 0 Å². The molecule has 4 atom stereocenters. The first-order valence-corrected chi connectivity index (χ1v) is 19.8. The first kappa shape index (κ1) is 35.1. The van der Waals surface area contributed by atoms with Gasteiger partial charge in [0.2, 0.25) is 0 Å². The fraction of sp³-hybridized carbons (Fsp3) is 0.200. The molecule has 3 heterocycles. The summed E-state index contributed by atoms with van der Waals surface area (Å²) in [6.07, 6.45) is -3.02. The third-order valence-corrected chi connectivity index (χ3v) is 12.8. The fourth-order valence-corrected chi connectivity index (χ4v) is 9.64. The number of nitrogens with zero attached hydrogens (tertiary/aromatic N) is 2. The van der Waals surface area contributed by atoms with Gasteiger partial charge in [-0.1, -0.05) is 97.1 Å². The summed E-state index contributed by atoms with van der Waals surface area (Å²) >= 11 is 3.26. The Hall–Kier alpha value is -4.33. The molecule has 1 aliphatic heterocycles. The number of thiophene rings is 2. The van der Waals surface area contributed by atoms with E-state index in [1.165, 1.54) is 8.61 Å². The van der Waals surface area contributed by atoms with Crippen molar-refractivity contribution in [1.82, 2.24) is 8.61 Å². The van der Waals surface area contributed by atoms with Crippen LogP contribution in [0.2, 0.25) is 0 Å². The molecule has 0 amide bonds. The Kier molecular flexibility index (Phi) is 11.0. The molecule has 11 heteroatoms. The van der Waals surface area contributed by atoms with Crippen LogP contribution in [0.3, 0.4) is 0 Å². The van der Waals surface area contributed by atoms with Crippen molar-refractivity contribution in [1.29, 1.82) is 0 Å². The molecule has 7 rings (SSSR count). The molecule has 0 aliphatic carbocycles. The number of hydrogen-bond acceptors (Lipinski definition) is 8. The topological polar surface area (TPSA) is 99.5 Å². The van der Waals surface area contributed by atoms with Crippen molar-refractivity contribution in [3.05, 3.63) is 155 Å². The molecule has 0 radical (unpaired) electrons. The largest absolute Gasteiger partial charge is 0.492 e. The molecule has 0 saturated carbocycles. The summed E-state index contributed by atoms with van der Waals surface area (Å²) in [7, 11) is -4.39. The third-order valence-electron chi connectivity index (χ3n) is 8.99. The highest BCUT2D eigenvalue weighted by molar-refractivity contribution is 7.86. The minimum absolute atomic E-state index is 0.0558. The lowest BCUT2D eigenvalue weighted by Gasteiger charge is -2.34. The minimum Gasteiger partial charge on any atom is -0.492 e. The van der Waals surface area contributed by atoms with Crippen LogP contribution in [0, 0.1) is 0 Å². The van der Waals surface area contributed by atoms with E-state index in [2.05, 4.69) is 0 Å². The van der Waals surface area contributed by atoms with Crippen molar-refractivity contribution in [2.24, 2.45) is 0 Å². The van der Waals surface area contributed by atoms with E-state index in [1.54, 1.807) is 46.9 Å². The Bertz CT molecular complexity index is 1920. The zero-order valence-electron chi connectivity index (χ0n) is 27.6. The smallest absolute Gasteiger partial charge is 0.283 e. The Morgan fingerprint density at radius 3 is 1.27 bits per heavy atom. The predicted octanol–water partition coefficient (Wildman–Crippen LogP) is 7.32. The van der Waals surface area contributed by atoms with Crippen LogP contribution in [0.4, 0.5) is 0 Å². The summed E-state index contributed by atoms with van der Waals surface area (Å²) < 4.78 is 44.9. The molecule has 0 bridgehead atoms. The van der Waals surface area contributed by atoms with Gasteiger partial charge in [0.25, 0.3) is 10.2 Å². The van der Waals surface area contributed by atoms with Crippen LogP contribution in [0.1, 0.15) is 11.1 Å². The van der Waals surface area contributed by atoms with E-state index in [0.717, 1.165) is 32.0 Å². The Labute approximate surface area is 306 Å². The number of ether oxygens (including phenoxy) is 2. The molecule has 0 spiro atoms. The van der Waals surface area contributed by atoms with Crippen LogP contribution in [0.5, 0.6) is 11.5 Å². The average Bonchev–Trinajstić information content (AvgIpc) is 3.90. The Morgan fingerprint density at radius 1 is 0.529 bits per heavy atom. The molecule has 2 N–H and O–H groups in total. The van der Waals surface area contributed by atoms with Crippen molar-refractivity contribution in [2.45, 2.75) is 37.4 Å². The fourth-order valence-electron chi connectivity index (χ4n) is 6.22. The molecule has 2 aromatic heterocycles. The van der Waals surface area contributed by atoms with E-state index in [1.807, 2.05) is 120 Å². The molecule has 1 aliphatic rings. The van der Waals surface area contributed by atoms with Crippen molar-refractivity contribution < 1.29 is 28.1 Å². The maximum absolute atomic E-state index is 15.1. The number of aliphatic hydroxyl groups excluding tert-OH is 2. The van der Waals surface area contributed by atoms with Crippen LogP contribution in [-0.2, 0) is 23.3 Å². The molecule has 6 aromatic rings. The highest BCUT2D eigenvalue weighted by Gasteiger charge is 2.51. The summed E-state index contributed by atoms with van der Waals surface area (Å²) in [6.45, 7) is -0.492. The number of benzene rings is 4. The van der Waals surface area contributed by atoms with Gasteiger partial charge in [0.05, 0.1) is 12.1 Å². The van der Waals surface area contributed by atoms with Crippen LogP contribution in [0.25, 0.3) is 20.9 Å². The van der Waals surface area contributed by atoms with Crippen LogP contribution in [0.15, 0.2) is 144 Å². The minimum atomic E-state index is -4.39. The molecular weight excluding hydrogens is 701 g/mol. The summed E-state index contributed by atoms with van der Waals surface area (Å²) in [5.41, 5.74) is 3.50. The van der Waals surface area contributed by atoms with E-state index < -0.39 is 34.5 Å². The first-order chi connectivity index (χ1) is 24.9. The van der Waals surface area contributed by atoms with Gasteiger partial charge in [-0.2, -0.15) is 17.0 Å². The second kappa shape index (κ2) is 15.9. The molecule has 51 heavy (non-hydrogen) atoms. The number of para-hydroxylation sites is 2. The Morgan fingerprint density at radius 2 is 0.922 bits per heavy atom. The Balaban J connectivity index is 1.26. The van der Waals surface area contributed by atoms with Crippen LogP contribution in [-0.4, -0.2) is 64.7 Å². The molecular formula is C40H38N2O6S3. The summed E-state index contributed by atoms with van der Waals surface area (Å²) in [4.78, 5) is 2.21. The standard InChI is InChI=1S/C40H38N2O6S3/c43-39-35(27-47-33-9-3-1-4-10-33)41(25-29-15-19-31(20-16-29)37-13-7-23-49-37)51(45,46)42(36(40(39)44)28-48-34-11-5-2-6-12-34)26-30-17-21-32(22-18-30)38-14-8-24-50-38/h1-24,35-36,39-40,43-44H,25-28H2/t35-,36-,39+,40+/m0/s1. The molecule has 262 valence electrons. The lowest BCUT2D eigenvalue weighted by molar-refractivity contribution is -0.0565.